The summed E-state index contributed by atoms with van der Waals surface area (Å²) >= 11 is 3.05. The van der Waals surface area contributed by atoms with Crippen molar-refractivity contribution in [2.45, 2.75) is 109 Å². The number of aliphatic carboxylic acids is 1. The molecule has 0 bridgehead atoms. The molecule has 2 aliphatic carbocycles. The van der Waals surface area contributed by atoms with Crippen LogP contribution in [0.15, 0.2) is 83.6 Å². The summed E-state index contributed by atoms with van der Waals surface area (Å²) in [4.78, 5) is 89.9. The van der Waals surface area contributed by atoms with Crippen molar-refractivity contribution in [2.24, 2.45) is 11.8 Å². The Hall–Kier alpha value is -6.07. The predicted molar refractivity (Wildman–Crippen MR) is 283 cm³/mol. The van der Waals surface area contributed by atoms with E-state index >= 15 is 0 Å². The van der Waals surface area contributed by atoms with E-state index in [4.69, 9.17) is 9.97 Å². The summed E-state index contributed by atoms with van der Waals surface area (Å²) in [5.41, 5.74) is 5.01. The van der Waals surface area contributed by atoms with Gasteiger partial charge in [0.1, 0.15) is 0 Å². The molecule has 4 aliphatic rings. The Morgan fingerprint density at radius 2 is 1.01 bits per heavy atom. The highest BCUT2D eigenvalue weighted by molar-refractivity contribution is 7.13. The maximum atomic E-state index is 14.6. The summed E-state index contributed by atoms with van der Waals surface area (Å²) in [7, 11) is 0. The number of piperazine rings is 2. The zero-order chi connectivity index (χ0) is 49.9. The highest BCUT2D eigenvalue weighted by Gasteiger charge is 2.41. The predicted octanol–water partition coefficient (Wildman–Crippen LogP) is 9.04. The number of para-hydroxylation sites is 2. The molecule has 0 radical (unpaired) electrons. The Labute approximate surface area is 428 Å². The molecule has 2 saturated heterocycles. The highest BCUT2D eigenvalue weighted by Crippen LogP contribution is 2.37. The third kappa shape index (κ3) is 10.4. The van der Waals surface area contributed by atoms with E-state index in [2.05, 4.69) is 24.5 Å². The molecule has 4 aromatic heterocycles. The van der Waals surface area contributed by atoms with Gasteiger partial charge in [0, 0.05) is 73.3 Å². The van der Waals surface area contributed by atoms with Gasteiger partial charge in [0.05, 0.1) is 56.4 Å². The van der Waals surface area contributed by atoms with E-state index in [0.29, 0.717) is 67.3 Å². The van der Waals surface area contributed by atoms with Crippen LogP contribution in [0.25, 0.3) is 42.9 Å². The van der Waals surface area contributed by atoms with Crippen LogP contribution in [0, 0.1) is 11.8 Å². The normalized spacial score (nSPS) is 18.8. The number of rotatable bonds is 15. The number of pyridine rings is 2. The number of carboxylic acids is 1. The molecule has 0 unspecified atom stereocenters. The second-order valence-electron chi connectivity index (χ2n) is 20.2. The number of thiophene rings is 2. The molecular weight excluding hydrogens is 945 g/mol. The topological polar surface area (TPSA) is 168 Å². The Morgan fingerprint density at radius 3 is 1.39 bits per heavy atom. The first-order valence-electron chi connectivity index (χ1n) is 25.8. The van der Waals surface area contributed by atoms with Crippen LogP contribution in [0.2, 0.25) is 0 Å². The molecule has 2 aliphatic heterocycles. The fraction of sp³-hybridized carbons (Fsp3) is 0.446. The number of carbonyl (C=O) groups excluding carboxylic acids is 4. The molecule has 16 heteroatoms. The summed E-state index contributed by atoms with van der Waals surface area (Å²) in [5.74, 6) is -1.30. The first-order valence-corrected chi connectivity index (χ1v) is 27.6. The second-order valence-corrected chi connectivity index (χ2v) is 22.1. The van der Waals surface area contributed by atoms with Gasteiger partial charge in [-0.3, -0.25) is 29.0 Å². The molecule has 6 heterocycles. The fourth-order valence-electron chi connectivity index (χ4n) is 11.8. The summed E-state index contributed by atoms with van der Waals surface area (Å²) in [6.45, 7) is 4.91. The summed E-state index contributed by atoms with van der Waals surface area (Å²) in [6, 6.07) is 23.1. The van der Waals surface area contributed by atoms with E-state index in [9.17, 15) is 29.1 Å². The molecule has 2 atom stereocenters. The smallest absolute Gasteiger partial charge is 0.336 e. The van der Waals surface area contributed by atoms with Crippen LogP contribution in [0.4, 0.5) is 0 Å². The van der Waals surface area contributed by atoms with Gasteiger partial charge in [0.25, 0.3) is 11.8 Å². The molecule has 0 spiro atoms. The fourth-order valence-corrected chi connectivity index (χ4v) is 13.2. The standard InChI is InChI=1S/C56H64N8O6S2/c1-35(37-15-5-3-6-16-37)57-53(67)49-39-19-9-11-21-43(39)59-51(45-23-13-29-71-45)41(49)31-61-25-27-63(33-47(61)65)55(56(69)70)64-28-26-62(48(66)34-64)32-42-50(54(68)58-36(2)38-17-7-4-8-18-38)40-20-10-12-22-44(40)60-52(42)46-24-14-30-72-46/h9-14,19-24,29-30,35-38,55H,3-8,15-18,25-28,31-34H2,1-2H3,(H,57,67)(H,58,68)(H,69,70)/t35-,36-/m0/s1. The van der Waals surface area contributed by atoms with E-state index in [1.54, 1.807) is 19.6 Å². The van der Waals surface area contributed by atoms with Gasteiger partial charge in [0.2, 0.25) is 11.8 Å². The van der Waals surface area contributed by atoms with Crippen molar-refractivity contribution in [1.29, 1.82) is 0 Å². The van der Waals surface area contributed by atoms with Crippen molar-refractivity contribution in [3.8, 4) is 21.1 Å². The van der Waals surface area contributed by atoms with Crippen LogP contribution in [0.1, 0.15) is 110 Å². The van der Waals surface area contributed by atoms with Gasteiger partial charge in [-0.2, -0.15) is 0 Å². The Morgan fingerprint density at radius 1 is 0.597 bits per heavy atom. The molecule has 4 fully saturated rings. The Balaban J connectivity index is 0.877. The largest absolute Gasteiger partial charge is 0.479 e. The molecule has 2 aromatic carbocycles. The van der Waals surface area contributed by atoms with Crippen LogP contribution >= 0.6 is 22.7 Å². The van der Waals surface area contributed by atoms with Crippen LogP contribution in [0.3, 0.4) is 0 Å². The SMILES string of the molecule is C[C@H](NC(=O)c1c(CN2CCN(C(C(=O)O)N3CCN(Cc4c(-c5cccs5)nc5ccccc5c4C(=O)N[C@@H](C)C4CCCCC4)C(=O)C3)CC2=O)c(-c2cccs2)nc2ccccc12)C1CCCCC1. The zero-order valence-corrected chi connectivity index (χ0v) is 42.8. The minimum Gasteiger partial charge on any atom is -0.479 e. The lowest BCUT2D eigenvalue weighted by molar-refractivity contribution is -0.160. The molecule has 10 rings (SSSR count). The summed E-state index contributed by atoms with van der Waals surface area (Å²) in [6.07, 6.45) is 10.1. The van der Waals surface area contributed by atoms with Crippen LogP contribution in [-0.2, 0) is 27.5 Å². The lowest BCUT2D eigenvalue weighted by atomic mass is 9.84. The summed E-state index contributed by atoms with van der Waals surface area (Å²) in [5, 5.41) is 22.9. The molecule has 4 amide bonds. The third-order valence-corrected chi connectivity index (χ3v) is 17.4. The molecule has 2 saturated carbocycles. The van der Waals surface area contributed by atoms with Gasteiger partial charge in [-0.05, 0) is 86.4 Å². The van der Waals surface area contributed by atoms with Gasteiger partial charge in [-0.15, -0.1) is 22.7 Å². The van der Waals surface area contributed by atoms with Crippen LogP contribution in [-0.4, -0.2) is 122 Å². The average Bonchev–Trinajstić information content (AvgIpc) is 4.14. The molecule has 6 aromatic rings. The lowest BCUT2D eigenvalue weighted by Crippen LogP contribution is -2.64. The van der Waals surface area contributed by atoms with E-state index in [1.165, 1.54) is 35.5 Å². The molecule has 14 nitrogen and oxygen atoms in total. The Bertz CT molecular complexity index is 2760. The van der Waals surface area contributed by atoms with Gasteiger partial charge >= 0.3 is 5.97 Å². The number of nitrogens with one attached hydrogen (secondary N) is 2. The number of carboxylic acid groups (broad SMARTS) is 1. The first-order chi connectivity index (χ1) is 35.0. The minimum atomic E-state index is -1.24. The van der Waals surface area contributed by atoms with Crippen molar-refractivity contribution in [2.75, 3.05) is 39.3 Å². The number of hydrogen-bond acceptors (Lipinski definition) is 11. The highest BCUT2D eigenvalue weighted by atomic mass is 32.1. The van der Waals surface area contributed by atoms with E-state index in [0.717, 1.165) is 61.1 Å². The quantitative estimate of drug-likeness (QED) is 0.0903. The van der Waals surface area contributed by atoms with Gasteiger partial charge < -0.3 is 25.5 Å². The number of fused-ring (bicyclic) bond motifs is 2. The van der Waals surface area contributed by atoms with Crippen molar-refractivity contribution < 1.29 is 29.1 Å². The number of hydrogen-bond donors (Lipinski definition) is 3. The van der Waals surface area contributed by atoms with E-state index < -0.39 is 12.1 Å². The molecule has 72 heavy (non-hydrogen) atoms. The molecular formula is C56H64N8O6S2. The minimum absolute atomic E-state index is 0.0300. The van der Waals surface area contributed by atoms with E-state index in [-0.39, 0.29) is 88.1 Å². The lowest BCUT2D eigenvalue weighted by Gasteiger charge is -2.44. The number of nitrogens with zero attached hydrogens (tertiary/aromatic N) is 6. The third-order valence-electron chi connectivity index (χ3n) is 15.7. The van der Waals surface area contributed by atoms with E-state index in [1.807, 2.05) is 83.6 Å². The summed E-state index contributed by atoms with van der Waals surface area (Å²) < 4.78 is 0. The number of aromatic nitrogens is 2. The maximum absolute atomic E-state index is 14.6. The Kier molecular flexibility index (Phi) is 15.1. The van der Waals surface area contributed by atoms with Gasteiger partial charge in [0.15, 0.2) is 6.17 Å². The van der Waals surface area contributed by atoms with Gasteiger partial charge in [-0.1, -0.05) is 87.1 Å². The van der Waals surface area contributed by atoms with Crippen molar-refractivity contribution in [1.82, 2.24) is 40.2 Å². The molecule has 3 N–H and O–H groups in total. The molecule has 376 valence electrons. The van der Waals surface area contributed by atoms with Gasteiger partial charge in [-0.25, -0.2) is 14.8 Å². The van der Waals surface area contributed by atoms with Crippen molar-refractivity contribution in [3.05, 3.63) is 106 Å². The second kappa shape index (κ2) is 22.0. The number of amides is 4. The van der Waals surface area contributed by atoms with Crippen LogP contribution < -0.4 is 10.6 Å². The first kappa shape index (κ1) is 49.5. The van der Waals surface area contributed by atoms with Crippen molar-refractivity contribution in [3.63, 3.8) is 0 Å². The average molecular weight is 1010 g/mol. The zero-order valence-electron chi connectivity index (χ0n) is 41.2. The van der Waals surface area contributed by atoms with Crippen LogP contribution in [0.5, 0.6) is 0 Å². The number of benzene rings is 2. The maximum Gasteiger partial charge on any atom is 0.336 e. The van der Waals surface area contributed by atoms with Crippen molar-refractivity contribution >= 4 is 74.1 Å². The number of carbonyl (C=O) groups is 5. The monoisotopic (exact) mass is 1010 g/mol.